The zero-order chi connectivity index (χ0) is 17.3. The molecule has 0 saturated heterocycles. The highest BCUT2D eigenvalue weighted by Crippen LogP contribution is 2.35. The Morgan fingerprint density at radius 1 is 1.08 bits per heavy atom. The highest BCUT2D eigenvalue weighted by Gasteiger charge is 2.24. The number of aromatic amines is 2. The Morgan fingerprint density at radius 2 is 1.79 bits per heavy atom. The summed E-state index contributed by atoms with van der Waals surface area (Å²) in [4.78, 5) is 29.4. The molecule has 24 heavy (non-hydrogen) atoms. The Balaban J connectivity index is 2.02. The molecule has 1 aliphatic carbocycles. The Kier molecular flexibility index (Phi) is 5.16. The molecule has 0 atom stereocenters. The highest BCUT2D eigenvalue weighted by atomic mass is 35.5. The first-order valence-corrected chi connectivity index (χ1v) is 8.99. The number of H-pyrrole nitrogens is 2. The summed E-state index contributed by atoms with van der Waals surface area (Å²) in [6, 6.07) is 5.20. The molecule has 3 rings (SSSR count). The first-order chi connectivity index (χ1) is 11.4. The Bertz CT molecular complexity index is 849. The van der Waals surface area contributed by atoms with Crippen molar-refractivity contribution in [3.05, 3.63) is 65.9 Å². The quantitative estimate of drug-likeness (QED) is 0.852. The molecule has 2 aromatic rings. The minimum Gasteiger partial charge on any atom is -0.311 e. The van der Waals surface area contributed by atoms with Gasteiger partial charge >= 0.3 is 5.69 Å². The van der Waals surface area contributed by atoms with Gasteiger partial charge in [0, 0.05) is 27.7 Å². The lowest BCUT2D eigenvalue weighted by atomic mass is 9.80. The molecule has 0 unspecified atom stereocenters. The standard InChI is InChI=1S/C18H20Cl2N2O2/c1-10-2-4-11(5-3-10)16-14(17(23)22-18(24)21-16)9-12-8-13(19)6-7-15(12)20/h6-8,10-11H,2-5,9H2,1H3,(H2,21,22,23,24)/t10-,11-. The van der Waals surface area contributed by atoms with Crippen LogP contribution in [-0.2, 0) is 6.42 Å². The van der Waals surface area contributed by atoms with E-state index in [1.54, 1.807) is 18.2 Å². The summed E-state index contributed by atoms with van der Waals surface area (Å²) in [7, 11) is 0. The van der Waals surface area contributed by atoms with Crippen LogP contribution < -0.4 is 11.2 Å². The van der Waals surface area contributed by atoms with Crippen molar-refractivity contribution in [1.82, 2.24) is 9.97 Å². The van der Waals surface area contributed by atoms with Gasteiger partial charge in [-0.15, -0.1) is 0 Å². The predicted molar refractivity (Wildman–Crippen MR) is 97.3 cm³/mol. The van der Waals surface area contributed by atoms with Crippen LogP contribution in [0.1, 0.15) is 55.3 Å². The Morgan fingerprint density at radius 3 is 2.50 bits per heavy atom. The highest BCUT2D eigenvalue weighted by molar-refractivity contribution is 6.33. The molecule has 128 valence electrons. The molecule has 4 nitrogen and oxygen atoms in total. The van der Waals surface area contributed by atoms with Crippen LogP contribution in [0.3, 0.4) is 0 Å². The second kappa shape index (κ2) is 7.16. The van der Waals surface area contributed by atoms with Gasteiger partial charge in [0.05, 0.1) is 0 Å². The smallest absolute Gasteiger partial charge is 0.311 e. The number of benzene rings is 1. The van der Waals surface area contributed by atoms with Crippen molar-refractivity contribution in [3.63, 3.8) is 0 Å². The summed E-state index contributed by atoms with van der Waals surface area (Å²) in [5, 5.41) is 1.14. The molecular weight excluding hydrogens is 347 g/mol. The van der Waals surface area contributed by atoms with Gasteiger partial charge in [-0.05, 0) is 48.4 Å². The number of aromatic nitrogens is 2. The number of rotatable bonds is 3. The van der Waals surface area contributed by atoms with Crippen LogP contribution in [0.4, 0.5) is 0 Å². The molecule has 2 N–H and O–H groups in total. The summed E-state index contributed by atoms with van der Waals surface area (Å²) in [5.41, 5.74) is 1.33. The van der Waals surface area contributed by atoms with E-state index in [1.165, 1.54) is 0 Å². The Hall–Kier alpha value is -1.52. The fraction of sp³-hybridized carbons (Fsp3) is 0.444. The third kappa shape index (κ3) is 3.76. The molecule has 0 spiro atoms. The average molecular weight is 367 g/mol. The van der Waals surface area contributed by atoms with E-state index in [4.69, 9.17) is 23.2 Å². The van der Waals surface area contributed by atoms with E-state index in [2.05, 4.69) is 16.9 Å². The third-order valence-electron chi connectivity index (χ3n) is 4.87. The van der Waals surface area contributed by atoms with Crippen LogP contribution in [0.25, 0.3) is 0 Å². The van der Waals surface area contributed by atoms with Crippen molar-refractivity contribution >= 4 is 23.2 Å². The minimum atomic E-state index is -0.449. The van der Waals surface area contributed by atoms with Gasteiger partial charge in [0.2, 0.25) is 0 Å². The third-order valence-corrected chi connectivity index (χ3v) is 5.48. The van der Waals surface area contributed by atoms with Gasteiger partial charge in [0.1, 0.15) is 0 Å². The van der Waals surface area contributed by atoms with Crippen LogP contribution in [0.2, 0.25) is 10.0 Å². The van der Waals surface area contributed by atoms with Crippen LogP contribution in [0.15, 0.2) is 27.8 Å². The molecule has 0 bridgehead atoms. The molecule has 0 amide bonds. The molecule has 1 aromatic carbocycles. The van der Waals surface area contributed by atoms with Gasteiger partial charge in [0.25, 0.3) is 5.56 Å². The van der Waals surface area contributed by atoms with Gasteiger partial charge in [-0.25, -0.2) is 4.79 Å². The van der Waals surface area contributed by atoms with Crippen molar-refractivity contribution in [2.24, 2.45) is 5.92 Å². The lowest BCUT2D eigenvalue weighted by Gasteiger charge is -2.27. The van der Waals surface area contributed by atoms with Gasteiger partial charge in [-0.3, -0.25) is 9.78 Å². The van der Waals surface area contributed by atoms with Crippen molar-refractivity contribution in [3.8, 4) is 0 Å². The van der Waals surface area contributed by atoms with Gasteiger partial charge in [0.15, 0.2) is 0 Å². The van der Waals surface area contributed by atoms with E-state index in [0.717, 1.165) is 36.9 Å². The van der Waals surface area contributed by atoms with Crippen molar-refractivity contribution < 1.29 is 0 Å². The molecule has 0 aliphatic heterocycles. The zero-order valence-electron chi connectivity index (χ0n) is 13.5. The summed E-state index contributed by atoms with van der Waals surface area (Å²) in [5.74, 6) is 0.907. The van der Waals surface area contributed by atoms with Crippen LogP contribution >= 0.6 is 23.2 Å². The monoisotopic (exact) mass is 366 g/mol. The average Bonchev–Trinajstić information content (AvgIpc) is 2.54. The Labute approximate surface area is 150 Å². The minimum absolute atomic E-state index is 0.212. The van der Waals surface area contributed by atoms with Crippen molar-refractivity contribution in [1.29, 1.82) is 0 Å². The molecule has 1 heterocycles. The van der Waals surface area contributed by atoms with Gasteiger partial charge < -0.3 is 4.98 Å². The maximum atomic E-state index is 12.4. The molecule has 1 aromatic heterocycles. The maximum Gasteiger partial charge on any atom is 0.325 e. The molecular formula is C18H20Cl2N2O2. The van der Waals surface area contributed by atoms with Crippen LogP contribution in [0.5, 0.6) is 0 Å². The lowest BCUT2D eigenvalue weighted by Crippen LogP contribution is -2.30. The number of nitrogens with one attached hydrogen (secondary N) is 2. The van der Waals surface area contributed by atoms with E-state index in [1.807, 2.05) is 0 Å². The number of halogens is 2. The number of hydrogen-bond acceptors (Lipinski definition) is 2. The van der Waals surface area contributed by atoms with Crippen LogP contribution in [-0.4, -0.2) is 9.97 Å². The van der Waals surface area contributed by atoms with E-state index in [9.17, 15) is 9.59 Å². The molecule has 6 heteroatoms. The first-order valence-electron chi connectivity index (χ1n) is 8.23. The first kappa shape index (κ1) is 17.3. The molecule has 0 radical (unpaired) electrons. The zero-order valence-corrected chi connectivity index (χ0v) is 15.0. The normalized spacial score (nSPS) is 21.0. The van der Waals surface area contributed by atoms with Gasteiger partial charge in [-0.2, -0.15) is 0 Å². The lowest BCUT2D eigenvalue weighted by molar-refractivity contribution is 0.342. The summed E-state index contributed by atoms with van der Waals surface area (Å²) in [6.07, 6.45) is 4.54. The largest absolute Gasteiger partial charge is 0.325 e. The van der Waals surface area contributed by atoms with E-state index in [-0.39, 0.29) is 11.5 Å². The SMILES string of the molecule is C[C@H]1CC[C@H](c2[nH]c(=O)[nH]c(=O)c2Cc2cc(Cl)ccc2Cl)CC1. The fourth-order valence-corrected chi connectivity index (χ4v) is 3.85. The molecule has 1 saturated carbocycles. The summed E-state index contributed by atoms with van der Waals surface area (Å²) in [6.45, 7) is 2.24. The predicted octanol–water partition coefficient (Wildman–Crippen LogP) is 4.25. The van der Waals surface area contributed by atoms with Crippen molar-refractivity contribution in [2.75, 3.05) is 0 Å². The van der Waals surface area contributed by atoms with Gasteiger partial charge in [-0.1, -0.05) is 43.0 Å². The maximum absolute atomic E-state index is 12.4. The van der Waals surface area contributed by atoms with Crippen molar-refractivity contribution in [2.45, 2.75) is 44.9 Å². The summed E-state index contributed by atoms with van der Waals surface area (Å²) >= 11 is 12.3. The molecule has 1 fully saturated rings. The van der Waals surface area contributed by atoms with Crippen LogP contribution in [0, 0.1) is 5.92 Å². The second-order valence-corrected chi connectivity index (χ2v) is 7.51. The van der Waals surface area contributed by atoms with E-state index < -0.39 is 5.69 Å². The fourth-order valence-electron chi connectivity index (χ4n) is 3.47. The second-order valence-electron chi connectivity index (χ2n) is 6.67. The summed E-state index contributed by atoms with van der Waals surface area (Å²) < 4.78 is 0. The van der Waals surface area contributed by atoms with E-state index >= 15 is 0 Å². The topological polar surface area (TPSA) is 65.7 Å². The van der Waals surface area contributed by atoms with E-state index in [0.29, 0.717) is 27.9 Å². The molecule has 1 aliphatic rings. The number of hydrogen-bond donors (Lipinski definition) is 2.